The Labute approximate surface area is 99.3 Å². The maximum Gasteiger partial charge on any atom is 0.238 e. The molecule has 0 saturated heterocycles. The average molecular weight is 243 g/mol. The second kappa shape index (κ2) is 4.87. The van der Waals surface area contributed by atoms with Gasteiger partial charge in [-0.15, -0.1) is 11.6 Å². The van der Waals surface area contributed by atoms with Gasteiger partial charge in [0.05, 0.1) is 6.54 Å². The molecule has 88 valence electrons. The van der Waals surface area contributed by atoms with Crippen LogP contribution >= 0.6 is 11.6 Å². The molecule has 1 aromatic heterocycles. The highest BCUT2D eigenvalue weighted by molar-refractivity contribution is 6.30. The van der Waals surface area contributed by atoms with Crippen molar-refractivity contribution in [2.24, 2.45) is 0 Å². The normalized spacial score (nSPS) is 16.6. The monoisotopic (exact) mass is 242 g/mol. The van der Waals surface area contributed by atoms with Gasteiger partial charge in [0, 0.05) is 12.0 Å². The number of aryl methyl sites for hydroxylation is 1. The summed E-state index contributed by atoms with van der Waals surface area (Å²) in [6, 6.07) is 0. The molecule has 0 spiro atoms. The van der Waals surface area contributed by atoms with Crippen molar-refractivity contribution in [1.82, 2.24) is 10.5 Å². The lowest BCUT2D eigenvalue weighted by Gasteiger charge is -2.10. The number of nitrogens with zero attached hydrogens (tertiary/aromatic N) is 1. The SMILES string of the molecule is CC(Cl)C(=O)NCc1noc2c1CCCC2. The molecule has 0 fully saturated rings. The number of halogens is 1. The van der Waals surface area contributed by atoms with Gasteiger partial charge in [0.15, 0.2) is 0 Å². The summed E-state index contributed by atoms with van der Waals surface area (Å²) in [5.41, 5.74) is 2.02. The lowest BCUT2D eigenvalue weighted by atomic mass is 9.96. The summed E-state index contributed by atoms with van der Waals surface area (Å²) in [7, 11) is 0. The van der Waals surface area contributed by atoms with Crippen LogP contribution in [0.5, 0.6) is 0 Å². The van der Waals surface area contributed by atoms with Gasteiger partial charge < -0.3 is 9.84 Å². The number of fused-ring (bicyclic) bond motifs is 1. The van der Waals surface area contributed by atoms with Crippen LogP contribution in [-0.4, -0.2) is 16.4 Å². The van der Waals surface area contributed by atoms with Crippen LogP contribution in [0.3, 0.4) is 0 Å². The second-order valence-corrected chi connectivity index (χ2v) is 4.73. The summed E-state index contributed by atoms with van der Waals surface area (Å²) < 4.78 is 5.25. The molecule has 2 rings (SSSR count). The van der Waals surface area contributed by atoms with Crippen molar-refractivity contribution in [3.05, 3.63) is 17.0 Å². The number of aromatic nitrogens is 1. The molecule has 5 heteroatoms. The maximum atomic E-state index is 11.3. The average Bonchev–Trinajstić information content (AvgIpc) is 2.69. The van der Waals surface area contributed by atoms with Gasteiger partial charge in [-0.05, 0) is 26.2 Å². The van der Waals surface area contributed by atoms with E-state index in [1.165, 1.54) is 12.0 Å². The van der Waals surface area contributed by atoms with Gasteiger partial charge in [0.2, 0.25) is 5.91 Å². The summed E-state index contributed by atoms with van der Waals surface area (Å²) in [4.78, 5) is 11.3. The fourth-order valence-corrected chi connectivity index (χ4v) is 1.98. The summed E-state index contributed by atoms with van der Waals surface area (Å²) >= 11 is 5.66. The molecule has 0 aliphatic heterocycles. The van der Waals surface area contributed by atoms with E-state index in [1.807, 2.05) is 0 Å². The van der Waals surface area contributed by atoms with E-state index in [9.17, 15) is 4.79 Å². The lowest BCUT2D eigenvalue weighted by Crippen LogP contribution is -2.29. The minimum Gasteiger partial charge on any atom is -0.361 e. The van der Waals surface area contributed by atoms with Crippen molar-refractivity contribution in [3.8, 4) is 0 Å². The molecule has 1 aliphatic carbocycles. The smallest absolute Gasteiger partial charge is 0.238 e. The number of carbonyl (C=O) groups excluding carboxylic acids is 1. The molecule has 1 amide bonds. The topological polar surface area (TPSA) is 55.1 Å². The highest BCUT2D eigenvalue weighted by atomic mass is 35.5. The predicted octanol–water partition coefficient (Wildman–Crippen LogP) is 1.80. The van der Waals surface area contributed by atoms with E-state index in [0.717, 1.165) is 30.7 Å². The summed E-state index contributed by atoms with van der Waals surface area (Å²) in [6.07, 6.45) is 4.29. The Kier molecular flexibility index (Phi) is 3.49. The minimum absolute atomic E-state index is 0.172. The molecule has 1 unspecified atom stereocenters. The van der Waals surface area contributed by atoms with E-state index >= 15 is 0 Å². The van der Waals surface area contributed by atoms with Crippen molar-refractivity contribution in [2.45, 2.75) is 44.5 Å². The minimum atomic E-state index is -0.511. The molecule has 1 heterocycles. The molecule has 0 bridgehead atoms. The van der Waals surface area contributed by atoms with Gasteiger partial charge in [-0.2, -0.15) is 0 Å². The fourth-order valence-electron chi connectivity index (χ4n) is 1.90. The van der Waals surface area contributed by atoms with Crippen LogP contribution in [0.2, 0.25) is 0 Å². The van der Waals surface area contributed by atoms with Crippen LogP contribution in [0, 0.1) is 0 Å². The highest BCUT2D eigenvalue weighted by Gasteiger charge is 2.19. The van der Waals surface area contributed by atoms with Crippen molar-refractivity contribution in [3.63, 3.8) is 0 Å². The van der Waals surface area contributed by atoms with Gasteiger partial charge in [0.25, 0.3) is 0 Å². The quantitative estimate of drug-likeness (QED) is 0.823. The third kappa shape index (κ3) is 2.38. The van der Waals surface area contributed by atoms with Crippen LogP contribution in [0.4, 0.5) is 0 Å². The number of nitrogens with one attached hydrogen (secondary N) is 1. The van der Waals surface area contributed by atoms with E-state index in [0.29, 0.717) is 6.54 Å². The van der Waals surface area contributed by atoms with E-state index in [2.05, 4.69) is 10.5 Å². The van der Waals surface area contributed by atoms with E-state index in [1.54, 1.807) is 6.92 Å². The van der Waals surface area contributed by atoms with E-state index < -0.39 is 5.38 Å². The molecule has 1 aromatic rings. The van der Waals surface area contributed by atoms with Crippen LogP contribution in [-0.2, 0) is 24.2 Å². The largest absolute Gasteiger partial charge is 0.361 e. The molecule has 16 heavy (non-hydrogen) atoms. The Hall–Kier alpha value is -1.03. The second-order valence-electron chi connectivity index (χ2n) is 4.07. The molecule has 0 radical (unpaired) electrons. The standard InChI is InChI=1S/C11H15ClN2O2/c1-7(12)11(15)13-6-9-8-4-2-3-5-10(8)16-14-9/h7H,2-6H2,1H3,(H,13,15). The van der Waals surface area contributed by atoms with Gasteiger partial charge in [-0.25, -0.2) is 0 Å². The zero-order valence-corrected chi connectivity index (χ0v) is 10.0. The fraction of sp³-hybridized carbons (Fsp3) is 0.636. The molecule has 4 nitrogen and oxygen atoms in total. The molecular weight excluding hydrogens is 228 g/mol. The summed E-state index contributed by atoms with van der Waals surface area (Å²) in [6.45, 7) is 2.06. The third-order valence-electron chi connectivity index (χ3n) is 2.82. The van der Waals surface area contributed by atoms with Gasteiger partial charge in [-0.1, -0.05) is 5.16 Å². The molecule has 0 saturated carbocycles. The first kappa shape index (κ1) is 11.5. The molecular formula is C11H15ClN2O2. The van der Waals surface area contributed by atoms with Gasteiger partial charge in [0.1, 0.15) is 16.8 Å². The zero-order valence-electron chi connectivity index (χ0n) is 9.25. The van der Waals surface area contributed by atoms with Crippen LogP contribution < -0.4 is 5.32 Å². The van der Waals surface area contributed by atoms with Crippen LogP contribution in [0.15, 0.2) is 4.52 Å². The number of carbonyl (C=O) groups is 1. The predicted molar refractivity (Wildman–Crippen MR) is 60.3 cm³/mol. The van der Waals surface area contributed by atoms with E-state index in [-0.39, 0.29) is 5.91 Å². The number of rotatable bonds is 3. The van der Waals surface area contributed by atoms with Crippen LogP contribution in [0.1, 0.15) is 36.8 Å². The Balaban J connectivity index is 2.00. The zero-order chi connectivity index (χ0) is 11.5. The maximum absolute atomic E-state index is 11.3. The molecule has 1 atom stereocenters. The number of hydrogen-bond acceptors (Lipinski definition) is 3. The van der Waals surface area contributed by atoms with Crippen molar-refractivity contribution < 1.29 is 9.32 Å². The Morgan fingerprint density at radius 2 is 2.31 bits per heavy atom. The Morgan fingerprint density at radius 3 is 3.06 bits per heavy atom. The Morgan fingerprint density at radius 1 is 1.56 bits per heavy atom. The molecule has 1 aliphatic rings. The number of hydrogen-bond donors (Lipinski definition) is 1. The van der Waals surface area contributed by atoms with Gasteiger partial charge >= 0.3 is 0 Å². The summed E-state index contributed by atoms with van der Waals surface area (Å²) in [5, 5.41) is 6.23. The highest BCUT2D eigenvalue weighted by Crippen LogP contribution is 2.23. The lowest BCUT2D eigenvalue weighted by molar-refractivity contribution is -0.120. The van der Waals surface area contributed by atoms with Crippen molar-refractivity contribution >= 4 is 17.5 Å². The Bertz CT molecular complexity index is 387. The first-order chi connectivity index (χ1) is 7.68. The van der Waals surface area contributed by atoms with Crippen LogP contribution in [0.25, 0.3) is 0 Å². The number of amides is 1. The first-order valence-corrected chi connectivity index (χ1v) is 6.00. The molecule has 0 aromatic carbocycles. The summed E-state index contributed by atoms with van der Waals surface area (Å²) in [5.74, 6) is 0.809. The molecule has 1 N–H and O–H groups in total. The van der Waals surface area contributed by atoms with Gasteiger partial charge in [-0.3, -0.25) is 4.79 Å². The van der Waals surface area contributed by atoms with Crippen molar-refractivity contribution in [2.75, 3.05) is 0 Å². The first-order valence-electron chi connectivity index (χ1n) is 5.56. The number of alkyl halides is 1. The van der Waals surface area contributed by atoms with Crippen molar-refractivity contribution in [1.29, 1.82) is 0 Å². The third-order valence-corrected chi connectivity index (χ3v) is 3.02. The van der Waals surface area contributed by atoms with E-state index in [4.69, 9.17) is 16.1 Å².